The zero-order valence-corrected chi connectivity index (χ0v) is 13.6. The van der Waals surface area contributed by atoms with Gasteiger partial charge in [0, 0.05) is 31.5 Å². The van der Waals surface area contributed by atoms with Crippen LogP contribution in [0.5, 0.6) is 0 Å². The number of nitrogens with zero attached hydrogens (tertiary/aromatic N) is 3. The van der Waals surface area contributed by atoms with Crippen molar-refractivity contribution in [1.29, 1.82) is 0 Å². The van der Waals surface area contributed by atoms with E-state index in [1.807, 2.05) is 12.3 Å². The van der Waals surface area contributed by atoms with Gasteiger partial charge in [0.1, 0.15) is 0 Å². The maximum absolute atomic E-state index is 9.42. The molecule has 2 aromatic carbocycles. The number of benzene rings is 2. The van der Waals surface area contributed by atoms with Crippen molar-refractivity contribution in [2.75, 3.05) is 24.6 Å². The molecular formula is C20H21N3O. The fraction of sp³-hybridized carbons (Fsp3) is 0.300. The van der Waals surface area contributed by atoms with Gasteiger partial charge in [-0.3, -0.25) is 0 Å². The second kappa shape index (κ2) is 6.57. The smallest absolute Gasteiger partial charge is 0.225 e. The van der Waals surface area contributed by atoms with Gasteiger partial charge in [-0.2, -0.15) is 0 Å². The molecule has 1 atom stereocenters. The highest BCUT2D eigenvalue weighted by Crippen LogP contribution is 2.25. The molecule has 0 aliphatic carbocycles. The molecule has 4 rings (SSSR count). The van der Waals surface area contributed by atoms with Crippen LogP contribution in [0.25, 0.3) is 22.0 Å². The summed E-state index contributed by atoms with van der Waals surface area (Å²) in [5.41, 5.74) is 2.05. The van der Waals surface area contributed by atoms with Crippen LogP contribution in [0.4, 0.5) is 5.95 Å². The van der Waals surface area contributed by atoms with Gasteiger partial charge in [-0.1, -0.05) is 36.4 Å². The Kier molecular flexibility index (Phi) is 4.13. The van der Waals surface area contributed by atoms with Gasteiger partial charge < -0.3 is 10.0 Å². The molecule has 1 aliphatic rings. The Labute approximate surface area is 141 Å². The topological polar surface area (TPSA) is 49.2 Å². The second-order valence-corrected chi connectivity index (χ2v) is 6.44. The van der Waals surface area contributed by atoms with Crippen LogP contribution in [0.2, 0.25) is 0 Å². The molecule has 0 saturated carbocycles. The van der Waals surface area contributed by atoms with Gasteiger partial charge in [-0.15, -0.1) is 0 Å². The third-order valence-electron chi connectivity index (χ3n) is 4.75. The minimum absolute atomic E-state index is 0.237. The third-order valence-corrected chi connectivity index (χ3v) is 4.75. The van der Waals surface area contributed by atoms with E-state index in [4.69, 9.17) is 4.98 Å². The number of rotatable bonds is 3. The number of hydrogen-bond donors (Lipinski definition) is 1. The van der Waals surface area contributed by atoms with Crippen molar-refractivity contribution in [3.8, 4) is 11.3 Å². The van der Waals surface area contributed by atoms with E-state index in [0.29, 0.717) is 5.92 Å². The van der Waals surface area contributed by atoms with Gasteiger partial charge in [-0.05, 0) is 41.7 Å². The van der Waals surface area contributed by atoms with Crippen LogP contribution in [0, 0.1) is 5.92 Å². The Bertz CT molecular complexity index is 849. The fourth-order valence-corrected chi connectivity index (χ4v) is 3.41. The Balaban J connectivity index is 1.66. The minimum Gasteiger partial charge on any atom is -0.396 e. The first-order valence-corrected chi connectivity index (χ1v) is 8.51. The molecule has 2 heterocycles. The van der Waals surface area contributed by atoms with E-state index in [9.17, 15) is 5.11 Å². The largest absolute Gasteiger partial charge is 0.396 e. The number of hydrogen-bond acceptors (Lipinski definition) is 4. The maximum Gasteiger partial charge on any atom is 0.225 e. The molecule has 0 unspecified atom stereocenters. The first-order chi connectivity index (χ1) is 11.8. The molecule has 0 bridgehead atoms. The summed E-state index contributed by atoms with van der Waals surface area (Å²) in [6, 6.07) is 16.7. The van der Waals surface area contributed by atoms with Crippen LogP contribution in [-0.4, -0.2) is 34.8 Å². The lowest BCUT2D eigenvalue weighted by Gasteiger charge is -2.31. The monoisotopic (exact) mass is 319 g/mol. The van der Waals surface area contributed by atoms with E-state index in [1.54, 1.807) is 0 Å². The summed E-state index contributed by atoms with van der Waals surface area (Å²) in [4.78, 5) is 11.4. The second-order valence-electron chi connectivity index (χ2n) is 6.44. The molecule has 1 N–H and O–H groups in total. The van der Waals surface area contributed by atoms with Crippen molar-refractivity contribution in [2.45, 2.75) is 12.8 Å². The molecule has 1 aliphatic heterocycles. The SMILES string of the molecule is OC[C@H]1CCCN(c2nccc(-c3ccc4ccccc4c3)n2)C1. The number of aliphatic hydroxyl groups excluding tert-OH is 1. The molecule has 1 fully saturated rings. The van der Waals surface area contributed by atoms with Crippen molar-refractivity contribution in [3.63, 3.8) is 0 Å². The van der Waals surface area contributed by atoms with Crippen LogP contribution in [0.15, 0.2) is 54.7 Å². The lowest BCUT2D eigenvalue weighted by Crippen LogP contribution is -2.37. The average molecular weight is 319 g/mol. The van der Waals surface area contributed by atoms with Crippen molar-refractivity contribution in [1.82, 2.24) is 9.97 Å². The number of aliphatic hydroxyl groups is 1. The van der Waals surface area contributed by atoms with Crippen LogP contribution >= 0.6 is 0 Å². The van der Waals surface area contributed by atoms with Crippen molar-refractivity contribution in [2.24, 2.45) is 5.92 Å². The third kappa shape index (κ3) is 2.97. The van der Waals surface area contributed by atoms with E-state index < -0.39 is 0 Å². The van der Waals surface area contributed by atoms with Gasteiger partial charge in [0.05, 0.1) is 5.69 Å². The molecule has 0 radical (unpaired) electrons. The molecule has 0 amide bonds. The first-order valence-electron chi connectivity index (χ1n) is 8.51. The number of anilines is 1. The van der Waals surface area contributed by atoms with E-state index in [-0.39, 0.29) is 6.61 Å². The summed E-state index contributed by atoms with van der Waals surface area (Å²) in [7, 11) is 0. The van der Waals surface area contributed by atoms with Gasteiger partial charge in [0.2, 0.25) is 5.95 Å². The van der Waals surface area contributed by atoms with Crippen LogP contribution in [-0.2, 0) is 0 Å². The van der Waals surface area contributed by atoms with Crippen molar-refractivity contribution in [3.05, 3.63) is 54.7 Å². The predicted molar refractivity (Wildman–Crippen MR) is 97.0 cm³/mol. The van der Waals surface area contributed by atoms with E-state index in [1.165, 1.54) is 10.8 Å². The normalized spacial score (nSPS) is 18.0. The molecule has 1 saturated heterocycles. The van der Waals surface area contributed by atoms with Crippen LogP contribution < -0.4 is 4.90 Å². The van der Waals surface area contributed by atoms with E-state index in [2.05, 4.69) is 52.3 Å². The van der Waals surface area contributed by atoms with Crippen molar-refractivity contribution >= 4 is 16.7 Å². The Morgan fingerprint density at radius 2 is 1.96 bits per heavy atom. The first kappa shape index (κ1) is 15.1. The number of piperidine rings is 1. The lowest BCUT2D eigenvalue weighted by atomic mass is 9.99. The molecule has 4 nitrogen and oxygen atoms in total. The van der Waals surface area contributed by atoms with Crippen LogP contribution in [0.1, 0.15) is 12.8 Å². The average Bonchev–Trinajstić information content (AvgIpc) is 2.68. The van der Waals surface area contributed by atoms with E-state index >= 15 is 0 Å². The van der Waals surface area contributed by atoms with Crippen LogP contribution in [0.3, 0.4) is 0 Å². The quantitative estimate of drug-likeness (QED) is 0.802. The zero-order chi connectivity index (χ0) is 16.4. The molecule has 3 aromatic rings. The van der Waals surface area contributed by atoms with Gasteiger partial charge in [-0.25, -0.2) is 9.97 Å². The summed E-state index contributed by atoms with van der Waals surface area (Å²) in [5.74, 6) is 1.09. The molecule has 4 heteroatoms. The highest BCUT2D eigenvalue weighted by Gasteiger charge is 2.21. The zero-order valence-electron chi connectivity index (χ0n) is 13.6. The molecule has 1 aromatic heterocycles. The van der Waals surface area contributed by atoms with E-state index in [0.717, 1.165) is 43.1 Å². The highest BCUT2D eigenvalue weighted by molar-refractivity contribution is 5.86. The Morgan fingerprint density at radius 1 is 1.08 bits per heavy atom. The molecule has 24 heavy (non-hydrogen) atoms. The number of aromatic nitrogens is 2. The molecule has 0 spiro atoms. The standard InChI is InChI=1S/C20H21N3O/c24-14-15-4-3-11-23(13-15)20-21-10-9-19(22-20)18-8-7-16-5-1-2-6-17(16)12-18/h1-2,5-10,12,15,24H,3-4,11,13-14H2/t15-/m0/s1. The summed E-state index contributed by atoms with van der Waals surface area (Å²) in [5, 5.41) is 11.9. The summed E-state index contributed by atoms with van der Waals surface area (Å²) in [6.07, 6.45) is 3.99. The Hall–Kier alpha value is -2.46. The minimum atomic E-state index is 0.237. The summed E-state index contributed by atoms with van der Waals surface area (Å²) in [6.45, 7) is 2.02. The number of fused-ring (bicyclic) bond motifs is 1. The van der Waals surface area contributed by atoms with Gasteiger partial charge in [0.25, 0.3) is 0 Å². The summed E-state index contributed by atoms with van der Waals surface area (Å²) < 4.78 is 0. The maximum atomic E-state index is 9.42. The van der Waals surface area contributed by atoms with Gasteiger partial charge in [0.15, 0.2) is 0 Å². The predicted octanol–water partition coefficient (Wildman–Crippen LogP) is 3.51. The lowest BCUT2D eigenvalue weighted by molar-refractivity contribution is 0.208. The molecule has 122 valence electrons. The van der Waals surface area contributed by atoms with Gasteiger partial charge >= 0.3 is 0 Å². The van der Waals surface area contributed by atoms with Crippen molar-refractivity contribution < 1.29 is 5.11 Å². The summed E-state index contributed by atoms with van der Waals surface area (Å²) >= 11 is 0. The highest BCUT2D eigenvalue weighted by atomic mass is 16.3. The Morgan fingerprint density at radius 3 is 2.83 bits per heavy atom. The fourth-order valence-electron chi connectivity index (χ4n) is 3.41. The molecular weight excluding hydrogens is 298 g/mol.